The van der Waals surface area contributed by atoms with Crippen LogP contribution in [-0.4, -0.2) is 60.3 Å². The van der Waals surface area contributed by atoms with Crippen LogP contribution in [0.2, 0.25) is 0 Å². The van der Waals surface area contributed by atoms with E-state index in [4.69, 9.17) is 14.6 Å². The number of benzene rings is 2. The predicted molar refractivity (Wildman–Crippen MR) is 126 cm³/mol. The Morgan fingerprint density at radius 3 is 2.13 bits per heavy atom. The van der Waals surface area contributed by atoms with Gasteiger partial charge in [-0.2, -0.15) is 17.9 Å². The van der Waals surface area contributed by atoms with Gasteiger partial charge in [0.05, 0.1) is 17.9 Å². The Labute approximate surface area is 215 Å². The average Bonchev–Trinajstić information content (AvgIpc) is 3.38. The van der Waals surface area contributed by atoms with E-state index in [0.29, 0.717) is 17.8 Å². The summed E-state index contributed by atoms with van der Waals surface area (Å²) in [5.41, 5.74) is 0.331. The van der Waals surface area contributed by atoms with E-state index in [-0.39, 0.29) is 17.9 Å². The van der Waals surface area contributed by atoms with Crippen molar-refractivity contribution in [3.05, 3.63) is 84.4 Å². The lowest BCUT2D eigenvalue weighted by Gasteiger charge is -2.20. The monoisotopic (exact) mass is 556 g/mol. The Hall–Kier alpha value is -4.24. The third-order valence-corrected chi connectivity index (χ3v) is 5.95. The van der Waals surface area contributed by atoms with Gasteiger partial charge >= 0.3 is 18.1 Å². The zero-order valence-corrected chi connectivity index (χ0v) is 20.3. The van der Waals surface area contributed by atoms with Crippen molar-refractivity contribution in [2.45, 2.75) is 30.1 Å². The van der Waals surface area contributed by atoms with Crippen LogP contribution in [0.1, 0.15) is 22.6 Å². The number of aromatic nitrogens is 2. The lowest BCUT2D eigenvalue weighted by Crippen LogP contribution is -2.49. The number of rotatable bonds is 10. The number of aliphatic carboxylic acids is 1. The summed E-state index contributed by atoms with van der Waals surface area (Å²) >= 11 is 0. The zero-order chi connectivity index (χ0) is 28.2. The third kappa shape index (κ3) is 10.4. The molecule has 0 radical (unpaired) electrons. The molecular weight excluding hydrogens is 533 g/mol. The molecule has 38 heavy (non-hydrogen) atoms. The van der Waals surface area contributed by atoms with Crippen molar-refractivity contribution >= 4 is 27.9 Å². The van der Waals surface area contributed by atoms with E-state index >= 15 is 0 Å². The molecule has 0 spiro atoms. The first-order valence-corrected chi connectivity index (χ1v) is 12.2. The molecule has 0 bridgehead atoms. The fourth-order valence-corrected chi connectivity index (χ4v) is 3.90. The molecule has 0 fully saturated rings. The highest BCUT2D eigenvalue weighted by Crippen LogP contribution is 2.13. The van der Waals surface area contributed by atoms with Crippen molar-refractivity contribution in [3.8, 4) is 0 Å². The fourth-order valence-electron chi connectivity index (χ4n) is 2.73. The van der Waals surface area contributed by atoms with Gasteiger partial charge in [-0.05, 0) is 24.3 Å². The van der Waals surface area contributed by atoms with Crippen LogP contribution < -0.4 is 10.0 Å². The number of hydrogen-bond donors (Lipinski definition) is 4. The smallest absolute Gasteiger partial charge is 0.475 e. The van der Waals surface area contributed by atoms with Crippen LogP contribution in [0.3, 0.4) is 0 Å². The highest BCUT2D eigenvalue weighted by molar-refractivity contribution is 7.89. The third-order valence-electron chi connectivity index (χ3n) is 4.46. The number of nitrogens with one attached hydrogen (secondary N) is 3. The average molecular weight is 557 g/mol. The fraction of sp³-hybridized carbons (Fsp3) is 0.217. The topological polar surface area (TPSA) is 168 Å². The minimum Gasteiger partial charge on any atom is -0.475 e. The van der Waals surface area contributed by atoms with Crippen molar-refractivity contribution in [2.24, 2.45) is 0 Å². The molecule has 2 aromatic carbocycles. The Balaban J connectivity index is 0.000000638. The maximum atomic E-state index is 12.7. The zero-order valence-electron chi connectivity index (χ0n) is 19.5. The number of carbonyl (C=O) groups excluding carboxylic acids is 2. The summed E-state index contributed by atoms with van der Waals surface area (Å²) in [6.07, 6.45) is -3.04. The molecule has 0 aliphatic rings. The molecule has 0 unspecified atom stereocenters. The maximum Gasteiger partial charge on any atom is 0.490 e. The minimum absolute atomic E-state index is 0.0140. The van der Waals surface area contributed by atoms with Crippen molar-refractivity contribution < 1.29 is 45.8 Å². The Morgan fingerprint density at radius 2 is 1.61 bits per heavy atom. The normalized spacial score (nSPS) is 12.0. The molecule has 15 heteroatoms. The first kappa shape index (κ1) is 30.0. The maximum absolute atomic E-state index is 12.7. The van der Waals surface area contributed by atoms with Crippen LogP contribution in [0.4, 0.5) is 13.2 Å². The number of ether oxygens (including phenoxy) is 1. The lowest BCUT2D eigenvalue weighted by atomic mass is 10.2. The van der Waals surface area contributed by atoms with Gasteiger partial charge in [0, 0.05) is 24.4 Å². The van der Waals surface area contributed by atoms with Crippen molar-refractivity contribution in [1.82, 2.24) is 20.0 Å². The summed E-state index contributed by atoms with van der Waals surface area (Å²) in [5, 5.41) is 9.67. The van der Waals surface area contributed by atoms with Crippen LogP contribution in [-0.2, 0) is 30.8 Å². The van der Waals surface area contributed by atoms with E-state index in [9.17, 15) is 31.2 Å². The van der Waals surface area contributed by atoms with Crippen molar-refractivity contribution in [1.29, 1.82) is 0 Å². The number of halogens is 3. The molecular formula is C23H23F3N4O7S. The number of H-pyrrole nitrogens is 1. The number of carboxylic acids is 1. The molecule has 3 rings (SSSR count). The van der Waals surface area contributed by atoms with Crippen molar-refractivity contribution in [2.75, 3.05) is 6.61 Å². The molecule has 1 aromatic heterocycles. The lowest BCUT2D eigenvalue weighted by molar-refractivity contribution is -0.192. The number of carbonyl (C=O) groups is 3. The second-order valence-electron chi connectivity index (χ2n) is 7.34. The van der Waals surface area contributed by atoms with Gasteiger partial charge in [-0.1, -0.05) is 36.4 Å². The Bertz CT molecular complexity index is 1290. The van der Waals surface area contributed by atoms with E-state index in [1.54, 1.807) is 60.9 Å². The van der Waals surface area contributed by atoms with Gasteiger partial charge in [-0.15, -0.1) is 0 Å². The number of esters is 1. The number of aromatic amines is 1. The summed E-state index contributed by atoms with van der Waals surface area (Å²) < 4.78 is 64.6. The number of carboxylic acid groups (broad SMARTS) is 1. The largest absolute Gasteiger partial charge is 0.490 e. The van der Waals surface area contributed by atoms with E-state index in [1.165, 1.54) is 12.1 Å². The minimum atomic E-state index is -5.08. The first-order chi connectivity index (χ1) is 17.9. The molecule has 4 N–H and O–H groups in total. The van der Waals surface area contributed by atoms with Crippen LogP contribution in [0.25, 0.3) is 0 Å². The van der Waals surface area contributed by atoms with E-state index in [2.05, 4.69) is 20.0 Å². The molecule has 0 aliphatic heterocycles. The van der Waals surface area contributed by atoms with Gasteiger partial charge < -0.3 is 20.1 Å². The number of nitrogens with zero attached hydrogens (tertiary/aromatic N) is 1. The molecule has 1 amide bonds. The van der Waals surface area contributed by atoms with E-state index in [0.717, 1.165) is 0 Å². The molecule has 3 aromatic rings. The summed E-state index contributed by atoms with van der Waals surface area (Å²) in [4.78, 5) is 40.6. The number of alkyl halides is 3. The predicted octanol–water partition coefficient (Wildman–Crippen LogP) is 2.25. The number of hydrogen-bond acceptors (Lipinski definition) is 7. The van der Waals surface area contributed by atoms with Gasteiger partial charge in [0.15, 0.2) is 0 Å². The van der Waals surface area contributed by atoms with Crippen LogP contribution >= 0.6 is 0 Å². The molecule has 11 nitrogen and oxygen atoms in total. The Morgan fingerprint density at radius 1 is 1.03 bits per heavy atom. The van der Waals surface area contributed by atoms with Crippen LogP contribution in [0.15, 0.2) is 78.0 Å². The summed E-state index contributed by atoms with van der Waals surface area (Å²) in [6.45, 7) is 0.0666. The molecule has 0 aliphatic carbocycles. The van der Waals surface area contributed by atoms with Gasteiger partial charge in [0.25, 0.3) is 5.91 Å². The number of amides is 1. The standard InChI is InChI=1S/C21H22N4O5S.C2HF3O2/c26-20(30-14-11-18-22-12-13-23-18)15-19(24-21(27)16-7-3-1-4-8-16)25-31(28,29)17-9-5-2-6-10-17;3-2(4,5)1(6)7/h1-10,12-13,19,25H,11,14-15H2,(H,22,23)(H,24,27);(H,6,7)/t19-;/m0./s1. The Kier molecular flexibility index (Phi) is 11.0. The van der Waals surface area contributed by atoms with Crippen LogP contribution in [0.5, 0.6) is 0 Å². The van der Waals surface area contributed by atoms with E-state index in [1.807, 2.05) is 0 Å². The SMILES string of the molecule is O=C(C[C@@H](NC(=O)c1ccccc1)NS(=O)(=O)c1ccccc1)OCCc1ncc[nH]1.O=C(O)C(F)(F)F. The highest BCUT2D eigenvalue weighted by Gasteiger charge is 2.38. The number of sulfonamides is 1. The van der Waals surface area contributed by atoms with Gasteiger partial charge in [-0.3, -0.25) is 9.59 Å². The second kappa shape index (κ2) is 13.9. The quantitative estimate of drug-likeness (QED) is 0.218. The molecule has 1 heterocycles. The van der Waals surface area contributed by atoms with Crippen LogP contribution in [0, 0.1) is 0 Å². The molecule has 204 valence electrons. The second-order valence-corrected chi connectivity index (χ2v) is 9.05. The van der Waals surface area contributed by atoms with Gasteiger partial charge in [0.1, 0.15) is 12.0 Å². The molecule has 0 saturated heterocycles. The van der Waals surface area contributed by atoms with Crippen molar-refractivity contribution in [3.63, 3.8) is 0 Å². The van der Waals surface area contributed by atoms with Gasteiger partial charge in [-0.25, -0.2) is 18.2 Å². The number of imidazole rings is 1. The van der Waals surface area contributed by atoms with E-state index < -0.39 is 40.2 Å². The molecule has 1 atom stereocenters. The summed E-state index contributed by atoms with van der Waals surface area (Å²) in [7, 11) is -3.98. The summed E-state index contributed by atoms with van der Waals surface area (Å²) in [5.74, 6) is -3.29. The molecule has 0 saturated carbocycles. The first-order valence-electron chi connectivity index (χ1n) is 10.8. The van der Waals surface area contributed by atoms with Gasteiger partial charge in [0.2, 0.25) is 10.0 Å². The summed E-state index contributed by atoms with van der Waals surface area (Å²) in [6, 6.07) is 16.0. The highest BCUT2D eigenvalue weighted by atomic mass is 32.2.